The number of ketones is 1. The molecule has 3 aliphatic carbocycles. The molecule has 1 aromatic rings. The SMILES string of the molecule is O=C1CCC2(O)C3Cc4ccc(O)c5c4[C@@]2(CCN3CC2CC2)[C@H]1O5. The van der Waals surface area contributed by atoms with Gasteiger partial charge in [-0.2, -0.15) is 0 Å². The summed E-state index contributed by atoms with van der Waals surface area (Å²) in [6, 6.07) is 3.69. The number of likely N-dealkylation sites (tertiary alicyclic amines) is 1. The van der Waals surface area contributed by atoms with Gasteiger partial charge < -0.3 is 14.9 Å². The Kier molecular flexibility index (Phi) is 2.55. The van der Waals surface area contributed by atoms with Gasteiger partial charge in [-0.15, -0.1) is 0 Å². The summed E-state index contributed by atoms with van der Waals surface area (Å²) in [4.78, 5) is 15.2. The van der Waals surface area contributed by atoms with Crippen LogP contribution < -0.4 is 4.74 Å². The second-order valence-electron chi connectivity index (χ2n) is 8.72. The molecule has 2 unspecified atom stereocenters. The average Bonchev–Trinajstić information content (AvgIpc) is 3.32. The van der Waals surface area contributed by atoms with E-state index in [-0.39, 0.29) is 17.6 Å². The number of rotatable bonds is 2. The highest BCUT2D eigenvalue weighted by molar-refractivity contribution is 5.90. The molecule has 3 fully saturated rings. The van der Waals surface area contributed by atoms with Crippen LogP contribution in [0.3, 0.4) is 0 Å². The average molecular weight is 341 g/mol. The van der Waals surface area contributed by atoms with Gasteiger partial charge in [0.15, 0.2) is 23.4 Å². The Morgan fingerprint density at radius 2 is 2.12 bits per heavy atom. The zero-order valence-corrected chi connectivity index (χ0v) is 14.2. The number of nitrogens with zero attached hydrogens (tertiary/aromatic N) is 1. The molecule has 0 aromatic heterocycles. The van der Waals surface area contributed by atoms with Crippen LogP contribution in [0.1, 0.15) is 43.2 Å². The maximum absolute atomic E-state index is 12.7. The fourth-order valence-electron chi connectivity index (χ4n) is 6.26. The molecule has 2 saturated carbocycles. The van der Waals surface area contributed by atoms with Gasteiger partial charge in [0.05, 0.1) is 11.0 Å². The van der Waals surface area contributed by atoms with E-state index < -0.39 is 17.1 Å². The van der Waals surface area contributed by atoms with Crippen molar-refractivity contribution in [3.63, 3.8) is 0 Å². The molecule has 2 aliphatic heterocycles. The van der Waals surface area contributed by atoms with E-state index in [1.54, 1.807) is 6.07 Å². The molecule has 1 aromatic carbocycles. The van der Waals surface area contributed by atoms with Gasteiger partial charge in [-0.1, -0.05) is 6.07 Å². The minimum atomic E-state index is -0.940. The number of benzene rings is 1. The monoisotopic (exact) mass is 341 g/mol. The van der Waals surface area contributed by atoms with Crippen LogP contribution in [-0.2, 0) is 16.6 Å². The molecular weight excluding hydrogens is 318 g/mol. The molecule has 1 spiro atoms. The van der Waals surface area contributed by atoms with Crippen LogP contribution in [0.15, 0.2) is 12.1 Å². The molecule has 5 heteroatoms. The molecule has 6 rings (SSSR count). The molecule has 1 saturated heterocycles. The molecule has 2 bridgehead atoms. The van der Waals surface area contributed by atoms with Crippen LogP contribution in [0.4, 0.5) is 0 Å². The third-order valence-corrected chi connectivity index (χ3v) is 7.56. The summed E-state index contributed by atoms with van der Waals surface area (Å²) in [6.45, 7) is 1.95. The number of phenolic OH excluding ortho intramolecular Hbond substituents is 1. The van der Waals surface area contributed by atoms with E-state index in [1.165, 1.54) is 12.8 Å². The Bertz CT molecular complexity index is 803. The minimum absolute atomic E-state index is 0.0454. The van der Waals surface area contributed by atoms with Crippen LogP contribution in [0.25, 0.3) is 0 Å². The first kappa shape index (κ1) is 14.6. The van der Waals surface area contributed by atoms with Crippen LogP contribution in [0.2, 0.25) is 0 Å². The maximum Gasteiger partial charge on any atom is 0.174 e. The molecule has 2 heterocycles. The van der Waals surface area contributed by atoms with Crippen molar-refractivity contribution in [1.82, 2.24) is 4.90 Å². The quantitative estimate of drug-likeness (QED) is 0.854. The van der Waals surface area contributed by atoms with E-state index >= 15 is 0 Å². The van der Waals surface area contributed by atoms with Crippen LogP contribution in [0.5, 0.6) is 11.5 Å². The number of phenols is 1. The Morgan fingerprint density at radius 1 is 1.28 bits per heavy atom. The number of aliphatic hydroxyl groups is 1. The van der Waals surface area contributed by atoms with Gasteiger partial charge in [0.2, 0.25) is 0 Å². The number of Topliss-reactive ketones (excluding diaryl/α,β-unsaturated/α-hetero) is 1. The summed E-state index contributed by atoms with van der Waals surface area (Å²) in [5.74, 6) is 1.39. The third-order valence-electron chi connectivity index (χ3n) is 7.56. The number of carbonyl (C=O) groups excluding carboxylic acids is 1. The predicted molar refractivity (Wildman–Crippen MR) is 89.8 cm³/mol. The first-order valence-corrected chi connectivity index (χ1v) is 9.56. The number of hydrogen-bond acceptors (Lipinski definition) is 5. The lowest BCUT2D eigenvalue weighted by Gasteiger charge is -2.62. The summed E-state index contributed by atoms with van der Waals surface area (Å²) in [7, 11) is 0. The van der Waals surface area contributed by atoms with Crippen molar-refractivity contribution in [3.05, 3.63) is 23.3 Å². The molecule has 132 valence electrons. The van der Waals surface area contributed by atoms with E-state index in [2.05, 4.69) is 4.90 Å². The van der Waals surface area contributed by atoms with Gasteiger partial charge in [0, 0.05) is 24.6 Å². The van der Waals surface area contributed by atoms with Crippen molar-refractivity contribution in [3.8, 4) is 11.5 Å². The second-order valence-corrected chi connectivity index (χ2v) is 8.72. The van der Waals surface area contributed by atoms with Crippen molar-refractivity contribution in [2.75, 3.05) is 13.1 Å². The zero-order valence-electron chi connectivity index (χ0n) is 14.2. The molecule has 5 nitrogen and oxygen atoms in total. The number of piperidine rings is 1. The minimum Gasteiger partial charge on any atom is -0.504 e. The largest absolute Gasteiger partial charge is 0.504 e. The number of carbonyl (C=O) groups is 1. The molecule has 5 aliphatic rings. The van der Waals surface area contributed by atoms with Gasteiger partial charge in [-0.05, 0) is 56.2 Å². The molecular formula is C20H23NO4. The van der Waals surface area contributed by atoms with Crippen LogP contribution >= 0.6 is 0 Å². The highest BCUT2D eigenvalue weighted by Crippen LogP contribution is 2.64. The smallest absolute Gasteiger partial charge is 0.174 e. The Hall–Kier alpha value is -1.59. The maximum atomic E-state index is 12.7. The Morgan fingerprint density at radius 3 is 2.92 bits per heavy atom. The summed E-state index contributed by atoms with van der Waals surface area (Å²) >= 11 is 0. The normalized spacial score (nSPS) is 41.4. The lowest BCUT2D eigenvalue weighted by molar-refractivity contribution is -0.188. The van der Waals surface area contributed by atoms with Crippen LogP contribution in [0, 0.1) is 5.92 Å². The molecule has 25 heavy (non-hydrogen) atoms. The van der Waals surface area contributed by atoms with Gasteiger partial charge in [0.1, 0.15) is 0 Å². The third kappa shape index (κ3) is 1.56. The van der Waals surface area contributed by atoms with Crippen molar-refractivity contribution < 1.29 is 19.7 Å². The van der Waals surface area contributed by atoms with E-state index in [0.29, 0.717) is 18.6 Å². The molecule has 0 radical (unpaired) electrons. The second kappa shape index (κ2) is 4.38. The zero-order chi connectivity index (χ0) is 17.0. The lowest BCUT2D eigenvalue weighted by Crippen LogP contribution is -2.76. The first-order valence-electron chi connectivity index (χ1n) is 9.56. The summed E-state index contributed by atoms with van der Waals surface area (Å²) in [5, 5.41) is 22.3. The van der Waals surface area contributed by atoms with Gasteiger partial charge in [0.25, 0.3) is 0 Å². The predicted octanol–water partition coefficient (Wildman–Crippen LogP) is 1.53. The van der Waals surface area contributed by atoms with Crippen LogP contribution in [-0.4, -0.2) is 51.7 Å². The van der Waals surface area contributed by atoms with Crippen molar-refractivity contribution in [2.45, 2.75) is 61.7 Å². The fourth-order valence-corrected chi connectivity index (χ4v) is 6.26. The molecule has 4 atom stereocenters. The van der Waals surface area contributed by atoms with Crippen molar-refractivity contribution in [1.29, 1.82) is 0 Å². The highest BCUT2D eigenvalue weighted by atomic mass is 16.5. The fraction of sp³-hybridized carbons (Fsp3) is 0.650. The standard InChI is InChI=1S/C20H23NO4/c22-13-4-3-12-9-15-20(24)6-5-14(23)18-19(20,16(12)17(13)25-18)7-8-21(15)10-11-1-2-11/h3-4,11,15,18,22,24H,1-2,5-10H2/t15?,18-,19-,20?/m0/s1. The van der Waals surface area contributed by atoms with E-state index in [1.807, 2.05) is 6.07 Å². The summed E-state index contributed by atoms with van der Waals surface area (Å²) in [6.07, 6.45) is 4.33. The Labute approximate surface area is 146 Å². The topological polar surface area (TPSA) is 70.0 Å². The van der Waals surface area contributed by atoms with Crippen molar-refractivity contribution >= 4 is 5.78 Å². The number of hydrogen-bond donors (Lipinski definition) is 2. The first-order chi connectivity index (χ1) is 12.0. The summed E-state index contributed by atoms with van der Waals surface area (Å²) in [5.41, 5.74) is 0.454. The number of aromatic hydroxyl groups is 1. The summed E-state index contributed by atoms with van der Waals surface area (Å²) < 4.78 is 6.04. The van der Waals surface area contributed by atoms with E-state index in [0.717, 1.165) is 43.0 Å². The molecule has 0 amide bonds. The van der Waals surface area contributed by atoms with E-state index in [9.17, 15) is 15.0 Å². The molecule has 2 N–H and O–H groups in total. The van der Waals surface area contributed by atoms with Gasteiger partial charge in [-0.3, -0.25) is 9.69 Å². The van der Waals surface area contributed by atoms with Gasteiger partial charge >= 0.3 is 0 Å². The Balaban J connectivity index is 1.58. The number of ether oxygens (including phenoxy) is 1. The van der Waals surface area contributed by atoms with E-state index in [4.69, 9.17) is 4.74 Å². The van der Waals surface area contributed by atoms with Gasteiger partial charge in [-0.25, -0.2) is 0 Å². The highest BCUT2D eigenvalue weighted by Gasteiger charge is 2.73. The lowest BCUT2D eigenvalue weighted by atomic mass is 9.49. The van der Waals surface area contributed by atoms with Crippen molar-refractivity contribution in [2.24, 2.45) is 5.92 Å².